The summed E-state index contributed by atoms with van der Waals surface area (Å²) >= 11 is 0. The molecule has 3 N–H and O–H groups in total. The van der Waals surface area contributed by atoms with E-state index in [9.17, 15) is 9.59 Å². The van der Waals surface area contributed by atoms with E-state index in [0.717, 1.165) is 5.56 Å². The van der Waals surface area contributed by atoms with Crippen LogP contribution in [0.1, 0.15) is 32.3 Å². The van der Waals surface area contributed by atoms with Crippen LogP contribution in [0.4, 0.5) is 9.59 Å². The first kappa shape index (κ1) is 19.2. The number of rotatable bonds is 5. The van der Waals surface area contributed by atoms with Crippen molar-refractivity contribution in [2.24, 2.45) is 5.73 Å². The van der Waals surface area contributed by atoms with E-state index in [4.69, 9.17) is 24.7 Å². The van der Waals surface area contributed by atoms with Crippen LogP contribution < -0.4 is 11.1 Å². The lowest BCUT2D eigenvalue weighted by Gasteiger charge is -2.29. The van der Waals surface area contributed by atoms with E-state index >= 15 is 0 Å². The van der Waals surface area contributed by atoms with Gasteiger partial charge in [0.25, 0.3) is 0 Å². The van der Waals surface area contributed by atoms with Crippen LogP contribution in [-0.4, -0.2) is 25.5 Å². The van der Waals surface area contributed by atoms with Gasteiger partial charge in [0.05, 0.1) is 18.9 Å². The van der Waals surface area contributed by atoms with Crippen molar-refractivity contribution in [3.8, 4) is 0 Å². The molecular formula is C18H22N2O6. The van der Waals surface area contributed by atoms with Crippen LogP contribution in [0, 0.1) is 0 Å². The van der Waals surface area contributed by atoms with Crippen molar-refractivity contribution < 1.29 is 28.5 Å². The summed E-state index contributed by atoms with van der Waals surface area (Å²) in [6.07, 6.45) is -1.76. The molecule has 8 nitrogen and oxygen atoms in total. The Hall–Kier alpha value is -3.16. The highest BCUT2D eigenvalue weighted by molar-refractivity contribution is 5.65. The van der Waals surface area contributed by atoms with Gasteiger partial charge in [-0.1, -0.05) is 30.3 Å². The summed E-state index contributed by atoms with van der Waals surface area (Å²) in [5, 5.41) is 2.85. The molecular weight excluding hydrogens is 340 g/mol. The number of hydrogen-bond donors (Lipinski definition) is 2. The van der Waals surface area contributed by atoms with Crippen molar-refractivity contribution in [3.05, 3.63) is 58.9 Å². The van der Waals surface area contributed by atoms with Crippen LogP contribution in [0.5, 0.6) is 0 Å². The summed E-state index contributed by atoms with van der Waals surface area (Å²) in [5.41, 5.74) is 7.24. The maximum Gasteiger partial charge on any atom is 0.513 e. The van der Waals surface area contributed by atoms with Gasteiger partial charge in [0, 0.05) is 0 Å². The van der Waals surface area contributed by atoms with Crippen LogP contribution in [0.25, 0.3) is 0 Å². The molecule has 0 amide bonds. The highest BCUT2D eigenvalue weighted by atomic mass is 16.7. The third-order valence-corrected chi connectivity index (χ3v) is 3.53. The Morgan fingerprint density at radius 2 is 1.54 bits per heavy atom. The van der Waals surface area contributed by atoms with Gasteiger partial charge < -0.3 is 30.0 Å². The van der Waals surface area contributed by atoms with Gasteiger partial charge in [-0.3, -0.25) is 0 Å². The van der Waals surface area contributed by atoms with Gasteiger partial charge >= 0.3 is 12.3 Å². The number of benzene rings is 1. The van der Waals surface area contributed by atoms with Gasteiger partial charge in [-0.05, 0) is 26.3 Å². The van der Waals surface area contributed by atoms with Crippen molar-refractivity contribution in [2.45, 2.75) is 26.7 Å². The molecule has 140 valence electrons. The topological polar surface area (TPSA) is 109 Å². The average molecular weight is 362 g/mol. The minimum atomic E-state index is -0.900. The van der Waals surface area contributed by atoms with Crippen LogP contribution in [0.3, 0.4) is 0 Å². The minimum absolute atomic E-state index is 0.0829. The van der Waals surface area contributed by atoms with E-state index in [0.29, 0.717) is 5.70 Å². The van der Waals surface area contributed by atoms with Crippen LogP contribution in [0.2, 0.25) is 0 Å². The number of ether oxygens (including phenoxy) is 4. The molecule has 0 aliphatic carbocycles. The zero-order chi connectivity index (χ0) is 19.1. The van der Waals surface area contributed by atoms with E-state index in [2.05, 4.69) is 5.32 Å². The maximum absolute atomic E-state index is 11.9. The molecule has 0 saturated heterocycles. The fourth-order valence-corrected chi connectivity index (χ4v) is 2.49. The molecule has 1 aliphatic rings. The molecule has 0 saturated carbocycles. The average Bonchev–Trinajstić information content (AvgIpc) is 2.60. The molecule has 1 unspecified atom stereocenters. The molecule has 0 aromatic heterocycles. The summed E-state index contributed by atoms with van der Waals surface area (Å²) in [5.74, 6) is -0.283. The fourth-order valence-electron chi connectivity index (χ4n) is 2.49. The van der Waals surface area contributed by atoms with E-state index in [1.54, 1.807) is 32.9 Å². The molecule has 2 rings (SSSR count). The fraction of sp³-hybridized carbons (Fsp3) is 0.333. The Morgan fingerprint density at radius 3 is 2.08 bits per heavy atom. The lowest BCUT2D eigenvalue weighted by molar-refractivity contribution is 0.0647. The smallest absolute Gasteiger partial charge is 0.434 e. The predicted octanol–water partition coefficient (Wildman–Crippen LogP) is 3.08. The normalized spacial score (nSPS) is 16.7. The quantitative estimate of drug-likeness (QED) is 0.769. The summed E-state index contributed by atoms with van der Waals surface area (Å²) in [4.78, 5) is 23.7. The van der Waals surface area contributed by atoms with Gasteiger partial charge in [0.1, 0.15) is 17.5 Å². The Bertz CT molecular complexity index is 684. The first-order chi connectivity index (χ1) is 12.5. The second-order valence-corrected chi connectivity index (χ2v) is 5.31. The van der Waals surface area contributed by atoms with Gasteiger partial charge in [0.15, 0.2) is 5.76 Å². The molecule has 1 aliphatic heterocycles. The molecule has 8 heteroatoms. The molecule has 1 heterocycles. The van der Waals surface area contributed by atoms with Gasteiger partial charge in [-0.15, -0.1) is 0 Å². The SMILES string of the molecule is CCOC(=O)OC1=C(C)NC(N)=C(OC(=O)OCC)C1c1ccccc1. The monoisotopic (exact) mass is 362 g/mol. The van der Waals surface area contributed by atoms with Crippen molar-refractivity contribution >= 4 is 12.3 Å². The summed E-state index contributed by atoms with van der Waals surface area (Å²) in [6.45, 7) is 5.34. The van der Waals surface area contributed by atoms with Crippen molar-refractivity contribution in [2.75, 3.05) is 13.2 Å². The van der Waals surface area contributed by atoms with Gasteiger partial charge in [-0.2, -0.15) is 0 Å². The summed E-state index contributed by atoms with van der Waals surface area (Å²) in [6, 6.07) is 9.07. The third kappa shape index (κ3) is 4.47. The highest BCUT2D eigenvalue weighted by Gasteiger charge is 2.36. The number of nitrogens with two attached hydrogens (primary N) is 1. The van der Waals surface area contributed by atoms with Crippen molar-refractivity contribution in [3.63, 3.8) is 0 Å². The first-order valence-electron chi connectivity index (χ1n) is 8.19. The second kappa shape index (κ2) is 8.80. The van der Waals surface area contributed by atoms with Crippen LogP contribution in [0.15, 0.2) is 53.4 Å². The van der Waals surface area contributed by atoms with Crippen LogP contribution >= 0.6 is 0 Å². The third-order valence-electron chi connectivity index (χ3n) is 3.53. The highest BCUT2D eigenvalue weighted by Crippen LogP contribution is 2.38. The van der Waals surface area contributed by atoms with E-state index in [-0.39, 0.29) is 30.6 Å². The summed E-state index contributed by atoms with van der Waals surface area (Å²) in [7, 11) is 0. The van der Waals surface area contributed by atoms with E-state index < -0.39 is 18.2 Å². The molecule has 1 atom stereocenters. The Kier molecular flexibility index (Phi) is 6.48. The molecule has 1 aromatic rings. The molecule has 0 bridgehead atoms. The molecule has 26 heavy (non-hydrogen) atoms. The van der Waals surface area contributed by atoms with Gasteiger partial charge in [0.2, 0.25) is 0 Å². The molecule has 0 fully saturated rings. The predicted molar refractivity (Wildman–Crippen MR) is 92.4 cm³/mol. The number of dihydropyridines is 1. The first-order valence-corrected chi connectivity index (χ1v) is 8.19. The summed E-state index contributed by atoms with van der Waals surface area (Å²) < 4.78 is 20.3. The number of nitrogens with one attached hydrogen (secondary N) is 1. The number of carbonyl (C=O) groups excluding carboxylic acids is 2. The van der Waals surface area contributed by atoms with Crippen molar-refractivity contribution in [1.29, 1.82) is 0 Å². The lowest BCUT2D eigenvalue weighted by atomic mass is 9.91. The largest absolute Gasteiger partial charge is 0.513 e. The second-order valence-electron chi connectivity index (χ2n) is 5.31. The number of carbonyl (C=O) groups is 2. The zero-order valence-electron chi connectivity index (χ0n) is 14.9. The molecule has 0 radical (unpaired) electrons. The Morgan fingerprint density at radius 1 is 1.00 bits per heavy atom. The van der Waals surface area contributed by atoms with E-state index in [1.165, 1.54) is 0 Å². The number of allylic oxidation sites excluding steroid dienone is 1. The zero-order valence-corrected chi connectivity index (χ0v) is 14.9. The maximum atomic E-state index is 11.9. The lowest BCUT2D eigenvalue weighted by Crippen LogP contribution is -2.33. The minimum Gasteiger partial charge on any atom is -0.434 e. The molecule has 0 spiro atoms. The van der Waals surface area contributed by atoms with E-state index in [1.807, 2.05) is 18.2 Å². The Labute approximate surface area is 151 Å². The van der Waals surface area contributed by atoms with Crippen LogP contribution in [-0.2, 0) is 18.9 Å². The van der Waals surface area contributed by atoms with Gasteiger partial charge in [-0.25, -0.2) is 9.59 Å². The van der Waals surface area contributed by atoms with Crippen molar-refractivity contribution in [1.82, 2.24) is 5.32 Å². The Balaban J connectivity index is 2.44. The number of hydrogen-bond acceptors (Lipinski definition) is 8. The standard InChI is InChI=1S/C18H22N2O6/c1-4-23-17(21)25-14-11(3)20-16(19)15(26-18(22)24-5-2)13(14)12-9-7-6-8-10-12/h6-10,13,20H,4-5,19H2,1-3H3. The molecule has 1 aromatic carbocycles.